The summed E-state index contributed by atoms with van der Waals surface area (Å²) in [7, 11) is 0. The molecule has 5 nitrogen and oxygen atoms in total. The second-order valence-corrected chi connectivity index (χ2v) is 7.60. The summed E-state index contributed by atoms with van der Waals surface area (Å²) in [4.78, 5) is 13.6. The van der Waals surface area contributed by atoms with E-state index in [1.807, 2.05) is 31.2 Å². The lowest BCUT2D eigenvalue weighted by Crippen LogP contribution is -2.37. The lowest BCUT2D eigenvalue weighted by molar-refractivity contribution is 0.0967. The molecule has 1 fully saturated rings. The van der Waals surface area contributed by atoms with Crippen molar-refractivity contribution in [1.82, 2.24) is 4.90 Å². The zero-order chi connectivity index (χ0) is 19.7. The monoisotopic (exact) mass is 378 g/mol. The van der Waals surface area contributed by atoms with Crippen molar-refractivity contribution in [2.45, 2.75) is 39.3 Å². The lowest BCUT2D eigenvalue weighted by Gasteiger charge is -2.32. The molecule has 1 aliphatic rings. The van der Waals surface area contributed by atoms with Crippen LogP contribution in [0.5, 0.6) is 5.75 Å². The van der Waals surface area contributed by atoms with E-state index in [4.69, 9.17) is 14.9 Å². The molecule has 0 aliphatic carbocycles. The molecule has 1 saturated heterocycles. The van der Waals surface area contributed by atoms with Crippen LogP contribution in [-0.2, 0) is 6.54 Å². The first-order valence-corrected chi connectivity index (χ1v) is 9.77. The van der Waals surface area contributed by atoms with Crippen LogP contribution in [0.25, 0.3) is 11.0 Å². The van der Waals surface area contributed by atoms with Crippen LogP contribution in [-0.4, -0.2) is 30.0 Å². The lowest BCUT2D eigenvalue weighted by atomic mass is 10.1. The van der Waals surface area contributed by atoms with Gasteiger partial charge in [0.2, 0.25) is 5.91 Å². The van der Waals surface area contributed by atoms with E-state index < -0.39 is 0 Å². The van der Waals surface area contributed by atoms with Gasteiger partial charge in [0.25, 0.3) is 0 Å². The molecule has 0 saturated carbocycles. The molecule has 1 amide bonds. The molecule has 0 atom stereocenters. The van der Waals surface area contributed by atoms with Crippen LogP contribution in [0.3, 0.4) is 0 Å². The van der Waals surface area contributed by atoms with Crippen LogP contribution in [0.4, 0.5) is 0 Å². The second kappa shape index (κ2) is 7.68. The summed E-state index contributed by atoms with van der Waals surface area (Å²) in [5.41, 5.74) is 9.14. The minimum Gasteiger partial charge on any atom is -0.490 e. The van der Waals surface area contributed by atoms with E-state index in [2.05, 4.69) is 17.9 Å². The molecule has 4 rings (SSSR count). The average Bonchev–Trinajstić information content (AvgIpc) is 2.98. The Labute approximate surface area is 165 Å². The summed E-state index contributed by atoms with van der Waals surface area (Å²) in [5.74, 6) is 1.49. The maximum absolute atomic E-state index is 11.2. The number of hydrogen-bond donors (Lipinski definition) is 1. The number of rotatable bonds is 5. The van der Waals surface area contributed by atoms with E-state index in [1.54, 1.807) is 12.1 Å². The highest BCUT2D eigenvalue weighted by Gasteiger charge is 2.21. The summed E-state index contributed by atoms with van der Waals surface area (Å²) in [6.07, 6.45) is 2.24. The van der Waals surface area contributed by atoms with Crippen molar-refractivity contribution in [3.8, 4) is 5.75 Å². The fourth-order valence-electron chi connectivity index (χ4n) is 3.81. The van der Waals surface area contributed by atoms with E-state index in [0.29, 0.717) is 5.56 Å². The van der Waals surface area contributed by atoms with Gasteiger partial charge in [0, 0.05) is 30.6 Å². The van der Waals surface area contributed by atoms with Gasteiger partial charge in [0.1, 0.15) is 23.2 Å². The quantitative estimate of drug-likeness (QED) is 0.723. The Kier molecular flexibility index (Phi) is 5.09. The van der Waals surface area contributed by atoms with Crippen LogP contribution in [0.15, 0.2) is 46.9 Å². The molecule has 146 valence electrons. The summed E-state index contributed by atoms with van der Waals surface area (Å²) in [6.45, 7) is 6.94. The maximum atomic E-state index is 11.2. The Balaban J connectivity index is 1.33. The van der Waals surface area contributed by atoms with Crippen molar-refractivity contribution < 1.29 is 13.9 Å². The Bertz CT molecular complexity index is 983. The van der Waals surface area contributed by atoms with Gasteiger partial charge in [-0.25, -0.2) is 0 Å². The molecule has 1 aromatic heterocycles. The number of nitrogens with two attached hydrogens (primary N) is 1. The van der Waals surface area contributed by atoms with E-state index in [1.165, 1.54) is 11.1 Å². The average molecular weight is 378 g/mol. The summed E-state index contributed by atoms with van der Waals surface area (Å²) < 4.78 is 12.0. The number of furan rings is 1. The number of amides is 1. The molecular weight excluding hydrogens is 352 g/mol. The van der Waals surface area contributed by atoms with Crippen molar-refractivity contribution in [3.05, 3.63) is 64.9 Å². The number of fused-ring (bicyclic) bond motifs is 1. The van der Waals surface area contributed by atoms with Crippen molar-refractivity contribution in [2.75, 3.05) is 13.1 Å². The van der Waals surface area contributed by atoms with E-state index in [-0.39, 0.29) is 12.0 Å². The SMILES string of the molecule is Cc1oc2ccc(OC3CCN(Cc4ccc(C(N)=O)cc4)CC3)cc2c1C. The molecule has 0 spiro atoms. The van der Waals surface area contributed by atoms with Gasteiger partial charge in [0.15, 0.2) is 0 Å². The zero-order valence-electron chi connectivity index (χ0n) is 16.4. The van der Waals surface area contributed by atoms with Gasteiger partial charge in [-0.1, -0.05) is 12.1 Å². The fraction of sp³-hybridized carbons (Fsp3) is 0.348. The van der Waals surface area contributed by atoms with E-state index in [9.17, 15) is 4.79 Å². The number of aryl methyl sites for hydroxylation is 2. The predicted molar refractivity (Wildman–Crippen MR) is 110 cm³/mol. The second-order valence-electron chi connectivity index (χ2n) is 7.60. The Morgan fingerprint density at radius 1 is 1.14 bits per heavy atom. The smallest absolute Gasteiger partial charge is 0.248 e. The summed E-state index contributed by atoms with van der Waals surface area (Å²) in [5, 5.41) is 1.13. The largest absolute Gasteiger partial charge is 0.490 e. The number of nitrogens with zero attached hydrogens (tertiary/aromatic N) is 1. The zero-order valence-corrected chi connectivity index (χ0v) is 16.4. The van der Waals surface area contributed by atoms with Crippen molar-refractivity contribution in [2.24, 2.45) is 5.73 Å². The molecule has 28 heavy (non-hydrogen) atoms. The highest BCUT2D eigenvalue weighted by molar-refractivity contribution is 5.92. The van der Waals surface area contributed by atoms with Gasteiger partial charge in [-0.15, -0.1) is 0 Å². The van der Waals surface area contributed by atoms with Crippen molar-refractivity contribution >= 4 is 16.9 Å². The first-order chi connectivity index (χ1) is 13.5. The molecule has 2 heterocycles. The molecule has 0 bridgehead atoms. The van der Waals surface area contributed by atoms with Crippen LogP contribution in [0, 0.1) is 13.8 Å². The van der Waals surface area contributed by atoms with Gasteiger partial charge >= 0.3 is 0 Å². The van der Waals surface area contributed by atoms with Gasteiger partial charge in [-0.3, -0.25) is 9.69 Å². The van der Waals surface area contributed by atoms with Crippen molar-refractivity contribution in [1.29, 1.82) is 0 Å². The maximum Gasteiger partial charge on any atom is 0.248 e. The van der Waals surface area contributed by atoms with E-state index in [0.717, 1.165) is 55.0 Å². The van der Waals surface area contributed by atoms with Crippen LogP contribution >= 0.6 is 0 Å². The minimum absolute atomic E-state index is 0.235. The Morgan fingerprint density at radius 3 is 2.54 bits per heavy atom. The topological polar surface area (TPSA) is 68.7 Å². The first kappa shape index (κ1) is 18.6. The van der Waals surface area contributed by atoms with Gasteiger partial charge < -0.3 is 14.9 Å². The number of ether oxygens (including phenoxy) is 1. The third kappa shape index (κ3) is 3.90. The highest BCUT2D eigenvalue weighted by Crippen LogP contribution is 2.29. The van der Waals surface area contributed by atoms with Crippen LogP contribution in [0.1, 0.15) is 40.1 Å². The standard InChI is InChI=1S/C23H26N2O3/c1-15-16(2)27-22-8-7-20(13-21(15)22)28-19-9-11-25(12-10-19)14-17-3-5-18(6-4-17)23(24)26/h3-8,13,19H,9-12,14H2,1-2H3,(H2,24,26). The van der Waals surface area contributed by atoms with Crippen molar-refractivity contribution in [3.63, 3.8) is 0 Å². The predicted octanol–water partition coefficient (Wildman–Crippen LogP) is 4.19. The molecular formula is C23H26N2O3. The number of benzene rings is 2. The molecule has 0 radical (unpaired) electrons. The number of likely N-dealkylation sites (tertiary alicyclic amines) is 1. The summed E-state index contributed by atoms with van der Waals surface area (Å²) in [6, 6.07) is 13.6. The minimum atomic E-state index is -0.386. The molecule has 5 heteroatoms. The third-order valence-corrected chi connectivity index (χ3v) is 5.63. The highest BCUT2D eigenvalue weighted by atomic mass is 16.5. The van der Waals surface area contributed by atoms with Gasteiger partial charge in [-0.2, -0.15) is 0 Å². The van der Waals surface area contributed by atoms with Gasteiger partial charge in [0.05, 0.1) is 0 Å². The Hall–Kier alpha value is -2.79. The number of hydrogen-bond acceptors (Lipinski definition) is 4. The normalized spacial score (nSPS) is 15.8. The number of piperidine rings is 1. The van der Waals surface area contributed by atoms with Crippen LogP contribution < -0.4 is 10.5 Å². The molecule has 1 aliphatic heterocycles. The third-order valence-electron chi connectivity index (χ3n) is 5.63. The van der Waals surface area contributed by atoms with Crippen LogP contribution in [0.2, 0.25) is 0 Å². The van der Waals surface area contributed by atoms with E-state index >= 15 is 0 Å². The van der Waals surface area contributed by atoms with Gasteiger partial charge in [-0.05, 0) is 68.1 Å². The number of carbonyl (C=O) groups is 1. The summed E-state index contributed by atoms with van der Waals surface area (Å²) >= 11 is 0. The Morgan fingerprint density at radius 2 is 1.86 bits per heavy atom. The molecule has 2 N–H and O–H groups in total. The number of carbonyl (C=O) groups excluding carboxylic acids is 1. The first-order valence-electron chi connectivity index (χ1n) is 9.77. The molecule has 2 aromatic carbocycles. The molecule has 3 aromatic rings. The fourth-order valence-corrected chi connectivity index (χ4v) is 3.81. The number of primary amides is 1. The molecule has 0 unspecified atom stereocenters.